The molecule has 0 saturated carbocycles. The molecule has 0 radical (unpaired) electrons. The second-order valence-corrected chi connectivity index (χ2v) is 12.0. The number of carbonyl (C=O) groups excluding carboxylic acids is 3. The van der Waals surface area contributed by atoms with Crippen LogP contribution in [0.4, 0.5) is 0 Å². The van der Waals surface area contributed by atoms with Crippen molar-refractivity contribution < 1.29 is 23.9 Å². The third-order valence-corrected chi connectivity index (χ3v) is 9.13. The molecular formula is C34H44N4O5. The summed E-state index contributed by atoms with van der Waals surface area (Å²) in [5, 5.41) is 9.47. The first-order chi connectivity index (χ1) is 21.0. The summed E-state index contributed by atoms with van der Waals surface area (Å²) in [7, 11) is 1.63. The van der Waals surface area contributed by atoms with Gasteiger partial charge < -0.3 is 25.4 Å². The Morgan fingerprint density at radius 2 is 1.81 bits per heavy atom. The Morgan fingerprint density at radius 3 is 2.60 bits per heavy atom. The molecule has 0 aromatic heterocycles. The summed E-state index contributed by atoms with van der Waals surface area (Å²) in [6, 6.07) is 16.8. The lowest BCUT2D eigenvalue weighted by molar-refractivity contribution is -0.140. The molecule has 2 aromatic carbocycles. The largest absolute Gasteiger partial charge is 0.496 e. The van der Waals surface area contributed by atoms with Crippen LogP contribution in [0.3, 0.4) is 0 Å². The van der Waals surface area contributed by atoms with Gasteiger partial charge in [0.1, 0.15) is 11.8 Å². The molecule has 230 valence electrons. The van der Waals surface area contributed by atoms with E-state index in [1.807, 2.05) is 54.6 Å². The van der Waals surface area contributed by atoms with Gasteiger partial charge in [0.2, 0.25) is 17.7 Å². The van der Waals surface area contributed by atoms with Crippen molar-refractivity contribution in [3.05, 3.63) is 77.9 Å². The number of methoxy groups -OCH3 is 1. The van der Waals surface area contributed by atoms with Crippen molar-refractivity contribution in [3.63, 3.8) is 0 Å². The number of nitrogens with zero attached hydrogens (tertiary/aromatic N) is 1. The molecule has 3 atom stereocenters. The van der Waals surface area contributed by atoms with Crippen molar-refractivity contribution in [2.75, 3.05) is 40.0 Å². The van der Waals surface area contributed by atoms with E-state index < -0.39 is 11.5 Å². The molecule has 2 fully saturated rings. The van der Waals surface area contributed by atoms with Gasteiger partial charge in [0.25, 0.3) is 0 Å². The predicted octanol–water partition coefficient (Wildman–Crippen LogP) is 2.99. The summed E-state index contributed by atoms with van der Waals surface area (Å²) in [4.78, 5) is 42.6. The van der Waals surface area contributed by atoms with Gasteiger partial charge in [-0.25, -0.2) is 0 Å². The first-order valence-corrected chi connectivity index (χ1v) is 15.4. The van der Waals surface area contributed by atoms with Crippen molar-refractivity contribution in [2.45, 2.75) is 57.2 Å². The van der Waals surface area contributed by atoms with E-state index in [1.54, 1.807) is 7.11 Å². The molecule has 2 aromatic rings. The molecule has 3 heterocycles. The van der Waals surface area contributed by atoms with Crippen LogP contribution in [0, 0.1) is 11.3 Å². The molecule has 1 spiro atoms. The van der Waals surface area contributed by atoms with Crippen LogP contribution in [-0.2, 0) is 32.1 Å². The summed E-state index contributed by atoms with van der Waals surface area (Å²) in [5.74, 6) is 0.645. The zero-order valence-corrected chi connectivity index (χ0v) is 25.1. The Morgan fingerprint density at radius 1 is 1.05 bits per heavy atom. The SMILES string of the molecule is COc1ccccc1CNC(=O)CN1CC[C@@H]2NC(=O)[C@@H](Cc3ccccc3)NC(=O)C3(C/C=C/C[C@@H]2C1)CCOCC3. The van der Waals surface area contributed by atoms with E-state index in [0.717, 1.165) is 29.7 Å². The van der Waals surface area contributed by atoms with Gasteiger partial charge in [0.15, 0.2) is 0 Å². The Balaban J connectivity index is 1.28. The smallest absolute Gasteiger partial charge is 0.243 e. The Hall–Kier alpha value is -3.69. The molecule has 3 amide bonds. The second kappa shape index (κ2) is 14.7. The zero-order chi connectivity index (χ0) is 30.1. The second-order valence-electron chi connectivity index (χ2n) is 12.0. The number of benzene rings is 2. The molecule has 9 heteroatoms. The molecule has 0 unspecified atom stereocenters. The van der Waals surface area contributed by atoms with Gasteiger partial charge in [-0.2, -0.15) is 0 Å². The minimum atomic E-state index is -0.669. The van der Waals surface area contributed by atoms with E-state index in [0.29, 0.717) is 65.1 Å². The number of piperidine rings is 1. The van der Waals surface area contributed by atoms with Gasteiger partial charge in [-0.1, -0.05) is 60.7 Å². The van der Waals surface area contributed by atoms with Gasteiger partial charge in [0.05, 0.1) is 19.1 Å². The van der Waals surface area contributed by atoms with Crippen molar-refractivity contribution in [2.24, 2.45) is 11.3 Å². The number of nitrogens with one attached hydrogen (secondary N) is 3. The van der Waals surface area contributed by atoms with E-state index in [9.17, 15) is 14.4 Å². The lowest BCUT2D eigenvalue weighted by atomic mass is 9.75. The third-order valence-electron chi connectivity index (χ3n) is 9.13. The highest BCUT2D eigenvalue weighted by atomic mass is 16.5. The van der Waals surface area contributed by atoms with Crippen LogP contribution in [0.25, 0.3) is 0 Å². The number of hydrogen-bond acceptors (Lipinski definition) is 6. The van der Waals surface area contributed by atoms with Gasteiger partial charge in [-0.3, -0.25) is 19.3 Å². The first kappa shape index (κ1) is 30.8. The molecular weight excluding hydrogens is 544 g/mol. The van der Waals surface area contributed by atoms with E-state index in [1.165, 1.54) is 0 Å². The predicted molar refractivity (Wildman–Crippen MR) is 164 cm³/mol. The fourth-order valence-electron chi connectivity index (χ4n) is 6.50. The van der Waals surface area contributed by atoms with Crippen molar-refractivity contribution in [3.8, 4) is 5.75 Å². The van der Waals surface area contributed by atoms with Crippen molar-refractivity contribution in [1.82, 2.24) is 20.9 Å². The molecule has 3 N–H and O–H groups in total. The Labute approximate surface area is 254 Å². The number of fused-ring (bicyclic) bond motifs is 1. The Kier molecular flexibility index (Phi) is 10.5. The van der Waals surface area contributed by atoms with Crippen LogP contribution in [0.2, 0.25) is 0 Å². The van der Waals surface area contributed by atoms with Crippen LogP contribution in [-0.4, -0.2) is 74.7 Å². The number of likely N-dealkylation sites (tertiary alicyclic amines) is 1. The molecule has 3 aliphatic heterocycles. The van der Waals surface area contributed by atoms with Crippen LogP contribution in [0.5, 0.6) is 5.75 Å². The average molecular weight is 589 g/mol. The Bertz CT molecular complexity index is 1280. The summed E-state index contributed by atoms with van der Waals surface area (Å²) in [5.41, 5.74) is 1.35. The monoisotopic (exact) mass is 588 g/mol. The maximum absolute atomic E-state index is 13.8. The van der Waals surface area contributed by atoms with Crippen LogP contribution in [0.15, 0.2) is 66.7 Å². The van der Waals surface area contributed by atoms with Crippen molar-refractivity contribution >= 4 is 17.7 Å². The molecule has 0 bridgehead atoms. The maximum Gasteiger partial charge on any atom is 0.243 e. The zero-order valence-electron chi connectivity index (χ0n) is 25.1. The van der Waals surface area contributed by atoms with Gasteiger partial charge >= 0.3 is 0 Å². The summed E-state index contributed by atoms with van der Waals surface area (Å²) in [6.07, 6.45) is 8.10. The highest BCUT2D eigenvalue weighted by Gasteiger charge is 2.41. The highest BCUT2D eigenvalue weighted by molar-refractivity contribution is 5.90. The first-order valence-electron chi connectivity index (χ1n) is 15.4. The standard InChI is InChI=1S/C34H44N4O5/c1-42-30-13-6-5-11-26(30)22-35-31(39)24-38-18-14-28-27(23-38)12-7-8-15-34(16-19-43-20-17-34)33(41)37-29(32(40)36-28)21-25-9-3-2-4-10-25/h2-11,13,27-29H,12,14-24H2,1H3,(H,35,39)(H,36,40)(H,37,41)/b8-7+/t27-,28+,29-/m1/s1. The highest BCUT2D eigenvalue weighted by Crippen LogP contribution is 2.36. The van der Waals surface area contributed by atoms with Gasteiger partial charge in [-0.05, 0) is 49.7 Å². The van der Waals surface area contributed by atoms with E-state index in [4.69, 9.17) is 9.47 Å². The molecule has 2 saturated heterocycles. The lowest BCUT2D eigenvalue weighted by Gasteiger charge is -2.40. The summed E-state index contributed by atoms with van der Waals surface area (Å²) in [6.45, 7) is 3.18. The van der Waals surface area contributed by atoms with Gasteiger partial charge in [0, 0.05) is 50.9 Å². The third kappa shape index (κ3) is 8.03. The maximum atomic E-state index is 13.8. The quantitative estimate of drug-likeness (QED) is 0.430. The normalized spacial score (nSPS) is 25.3. The number of carbonyl (C=O) groups is 3. The van der Waals surface area contributed by atoms with Crippen LogP contribution in [0.1, 0.15) is 43.2 Å². The average Bonchev–Trinajstić information content (AvgIpc) is 3.03. The number of allylic oxidation sites excluding steroid dienone is 2. The molecule has 0 aliphatic carbocycles. The lowest BCUT2D eigenvalue weighted by Crippen LogP contribution is -2.58. The van der Waals surface area contributed by atoms with Crippen molar-refractivity contribution in [1.29, 1.82) is 0 Å². The number of para-hydroxylation sites is 1. The summed E-state index contributed by atoms with van der Waals surface area (Å²) < 4.78 is 11.0. The number of hydrogen-bond donors (Lipinski definition) is 3. The fourth-order valence-corrected chi connectivity index (χ4v) is 6.50. The van der Waals surface area contributed by atoms with Gasteiger partial charge in [-0.15, -0.1) is 0 Å². The van der Waals surface area contributed by atoms with E-state index in [2.05, 4.69) is 33.0 Å². The fraction of sp³-hybridized carbons (Fsp3) is 0.500. The number of amides is 3. The topological polar surface area (TPSA) is 109 Å². The minimum absolute atomic E-state index is 0.0378. The van der Waals surface area contributed by atoms with E-state index in [-0.39, 0.29) is 29.7 Å². The van der Waals surface area contributed by atoms with Crippen LogP contribution < -0.4 is 20.7 Å². The number of rotatable bonds is 7. The molecule has 9 nitrogen and oxygen atoms in total. The van der Waals surface area contributed by atoms with Crippen LogP contribution >= 0.6 is 0 Å². The molecule has 43 heavy (non-hydrogen) atoms. The van der Waals surface area contributed by atoms with E-state index >= 15 is 0 Å². The molecule has 3 aliphatic rings. The summed E-state index contributed by atoms with van der Waals surface area (Å²) >= 11 is 0. The number of ether oxygens (including phenoxy) is 2. The molecule has 5 rings (SSSR count). The minimum Gasteiger partial charge on any atom is -0.496 e.